The Morgan fingerprint density at radius 2 is 1.85 bits per heavy atom. The molecule has 27 heavy (non-hydrogen) atoms. The fraction of sp³-hybridized carbons (Fsp3) is 0.238. The molecule has 1 aromatic heterocycles. The standard InChI is InChI=1S/C21H21N3O.2ClH/c1-14-10-17-16(11-23-14)8-5-9-20(17)24-21(25)19-13-22-12-18(19)15-6-3-2-4-7-15;;/h2-11,18-19,22H,12-13H2,1H3,(H,24,25);2*1H. The number of halogens is 2. The number of fused-ring (bicyclic) bond motifs is 1. The highest BCUT2D eigenvalue weighted by molar-refractivity contribution is 6.03. The number of aryl methyl sites for hydroxylation is 1. The van der Waals surface area contributed by atoms with Gasteiger partial charge in [0.05, 0.1) is 5.92 Å². The molecule has 0 bridgehead atoms. The predicted molar refractivity (Wildman–Crippen MR) is 115 cm³/mol. The summed E-state index contributed by atoms with van der Waals surface area (Å²) in [4.78, 5) is 17.3. The van der Waals surface area contributed by atoms with E-state index in [2.05, 4.69) is 27.8 Å². The Morgan fingerprint density at radius 3 is 2.63 bits per heavy atom. The van der Waals surface area contributed by atoms with Gasteiger partial charge in [-0.3, -0.25) is 9.78 Å². The maximum absolute atomic E-state index is 13.0. The smallest absolute Gasteiger partial charge is 0.229 e. The van der Waals surface area contributed by atoms with Crippen molar-refractivity contribution in [1.82, 2.24) is 10.3 Å². The van der Waals surface area contributed by atoms with Crippen molar-refractivity contribution in [3.8, 4) is 0 Å². The first-order valence-electron chi connectivity index (χ1n) is 8.64. The third-order valence-corrected chi connectivity index (χ3v) is 4.94. The second kappa shape index (κ2) is 9.18. The Labute approximate surface area is 171 Å². The molecule has 6 heteroatoms. The molecule has 0 saturated carbocycles. The van der Waals surface area contributed by atoms with E-state index >= 15 is 0 Å². The van der Waals surface area contributed by atoms with Crippen molar-refractivity contribution in [3.05, 3.63) is 72.1 Å². The summed E-state index contributed by atoms with van der Waals surface area (Å²) in [5, 5.41) is 8.58. The summed E-state index contributed by atoms with van der Waals surface area (Å²) >= 11 is 0. The van der Waals surface area contributed by atoms with Gasteiger partial charge in [-0.05, 0) is 24.6 Å². The number of anilines is 1. The van der Waals surface area contributed by atoms with Crippen LogP contribution >= 0.6 is 24.8 Å². The van der Waals surface area contributed by atoms with Gasteiger partial charge in [0.25, 0.3) is 0 Å². The van der Waals surface area contributed by atoms with Crippen molar-refractivity contribution in [3.63, 3.8) is 0 Å². The van der Waals surface area contributed by atoms with Crippen molar-refractivity contribution in [2.45, 2.75) is 12.8 Å². The fourth-order valence-electron chi connectivity index (χ4n) is 3.61. The molecule has 2 unspecified atom stereocenters. The minimum Gasteiger partial charge on any atom is -0.325 e. The third kappa shape index (κ3) is 4.41. The molecule has 1 fully saturated rings. The van der Waals surface area contributed by atoms with Crippen LogP contribution in [0.2, 0.25) is 0 Å². The van der Waals surface area contributed by atoms with Crippen molar-refractivity contribution >= 4 is 47.2 Å². The molecule has 1 aliphatic heterocycles. The van der Waals surface area contributed by atoms with Gasteiger partial charge < -0.3 is 10.6 Å². The lowest BCUT2D eigenvalue weighted by atomic mass is 9.88. The molecule has 1 aliphatic rings. The second-order valence-electron chi connectivity index (χ2n) is 6.62. The van der Waals surface area contributed by atoms with Gasteiger partial charge in [0.15, 0.2) is 0 Å². The summed E-state index contributed by atoms with van der Waals surface area (Å²) in [6, 6.07) is 18.2. The highest BCUT2D eigenvalue weighted by Gasteiger charge is 2.34. The van der Waals surface area contributed by atoms with E-state index in [1.54, 1.807) is 0 Å². The molecule has 2 heterocycles. The first-order chi connectivity index (χ1) is 12.2. The van der Waals surface area contributed by atoms with E-state index in [0.29, 0.717) is 6.54 Å². The van der Waals surface area contributed by atoms with Crippen LogP contribution < -0.4 is 10.6 Å². The number of hydrogen-bond acceptors (Lipinski definition) is 3. The molecule has 4 rings (SSSR count). The lowest BCUT2D eigenvalue weighted by Gasteiger charge is -2.19. The van der Waals surface area contributed by atoms with E-state index < -0.39 is 0 Å². The molecule has 2 atom stereocenters. The van der Waals surface area contributed by atoms with E-state index in [9.17, 15) is 4.79 Å². The first kappa shape index (κ1) is 21.2. The van der Waals surface area contributed by atoms with Crippen LogP contribution in [-0.2, 0) is 4.79 Å². The Kier molecular flexibility index (Phi) is 7.19. The Hall–Kier alpha value is -2.14. The molecule has 0 aliphatic carbocycles. The number of nitrogens with one attached hydrogen (secondary N) is 2. The number of amides is 1. The molecule has 4 nitrogen and oxygen atoms in total. The lowest BCUT2D eigenvalue weighted by Crippen LogP contribution is -2.28. The molecule has 142 valence electrons. The number of pyridine rings is 1. The van der Waals surface area contributed by atoms with Crippen molar-refractivity contribution in [1.29, 1.82) is 0 Å². The number of benzene rings is 2. The molecule has 1 amide bonds. The molecule has 2 N–H and O–H groups in total. The molecule has 1 saturated heterocycles. The molecular formula is C21H23Cl2N3O. The van der Waals surface area contributed by atoms with Crippen molar-refractivity contribution < 1.29 is 4.79 Å². The third-order valence-electron chi connectivity index (χ3n) is 4.94. The Morgan fingerprint density at radius 1 is 1.07 bits per heavy atom. The van der Waals surface area contributed by atoms with Crippen LogP contribution in [0.5, 0.6) is 0 Å². The van der Waals surface area contributed by atoms with E-state index in [4.69, 9.17) is 0 Å². The summed E-state index contributed by atoms with van der Waals surface area (Å²) in [5.41, 5.74) is 3.01. The van der Waals surface area contributed by atoms with Crippen LogP contribution in [0, 0.1) is 12.8 Å². The number of nitrogens with zero attached hydrogens (tertiary/aromatic N) is 1. The zero-order valence-electron chi connectivity index (χ0n) is 15.0. The average molecular weight is 404 g/mol. The van der Waals surface area contributed by atoms with Crippen LogP contribution in [0.4, 0.5) is 5.69 Å². The minimum absolute atomic E-state index is 0. The zero-order valence-corrected chi connectivity index (χ0v) is 16.6. The number of aromatic nitrogens is 1. The van der Waals surface area contributed by atoms with Gasteiger partial charge in [-0.2, -0.15) is 0 Å². The van der Waals surface area contributed by atoms with Gasteiger partial charge in [-0.1, -0.05) is 42.5 Å². The van der Waals surface area contributed by atoms with Crippen LogP contribution in [0.15, 0.2) is 60.8 Å². The van der Waals surface area contributed by atoms with E-state index in [0.717, 1.165) is 28.7 Å². The summed E-state index contributed by atoms with van der Waals surface area (Å²) in [6.45, 7) is 3.50. The molecule has 0 radical (unpaired) electrons. The summed E-state index contributed by atoms with van der Waals surface area (Å²) in [5.74, 6) is 0.209. The largest absolute Gasteiger partial charge is 0.325 e. The van der Waals surface area contributed by atoms with Crippen LogP contribution in [0.25, 0.3) is 10.8 Å². The van der Waals surface area contributed by atoms with Crippen molar-refractivity contribution in [2.24, 2.45) is 5.92 Å². The fourth-order valence-corrected chi connectivity index (χ4v) is 3.61. The van der Waals surface area contributed by atoms with Crippen LogP contribution in [0.3, 0.4) is 0 Å². The van der Waals surface area contributed by atoms with Crippen LogP contribution in [0.1, 0.15) is 17.2 Å². The number of rotatable bonds is 3. The van der Waals surface area contributed by atoms with Gasteiger partial charge in [0, 0.05) is 47.4 Å². The van der Waals surface area contributed by atoms with E-state index in [1.807, 2.05) is 55.6 Å². The topological polar surface area (TPSA) is 54.0 Å². The average Bonchev–Trinajstić information content (AvgIpc) is 3.13. The number of hydrogen-bond donors (Lipinski definition) is 2. The quantitative estimate of drug-likeness (QED) is 0.683. The monoisotopic (exact) mass is 403 g/mol. The maximum atomic E-state index is 13.0. The molecular weight excluding hydrogens is 381 g/mol. The van der Waals surface area contributed by atoms with Gasteiger partial charge in [0.2, 0.25) is 5.91 Å². The molecule has 0 spiro atoms. The van der Waals surface area contributed by atoms with E-state index in [-0.39, 0.29) is 42.6 Å². The Balaban J connectivity index is 0.00000131. The summed E-state index contributed by atoms with van der Waals surface area (Å²) in [6.07, 6.45) is 1.85. The van der Waals surface area contributed by atoms with Gasteiger partial charge in [0.1, 0.15) is 0 Å². The minimum atomic E-state index is -0.0689. The van der Waals surface area contributed by atoms with Crippen molar-refractivity contribution in [2.75, 3.05) is 18.4 Å². The van der Waals surface area contributed by atoms with Gasteiger partial charge in [-0.25, -0.2) is 0 Å². The maximum Gasteiger partial charge on any atom is 0.229 e. The second-order valence-corrected chi connectivity index (χ2v) is 6.62. The molecule has 3 aromatic rings. The Bertz CT molecular complexity index is 918. The number of carbonyl (C=O) groups excluding carboxylic acids is 1. The van der Waals surface area contributed by atoms with Crippen LogP contribution in [-0.4, -0.2) is 24.0 Å². The summed E-state index contributed by atoms with van der Waals surface area (Å²) in [7, 11) is 0. The lowest BCUT2D eigenvalue weighted by molar-refractivity contribution is -0.119. The van der Waals surface area contributed by atoms with Gasteiger partial charge >= 0.3 is 0 Å². The van der Waals surface area contributed by atoms with E-state index in [1.165, 1.54) is 5.56 Å². The normalized spacial score (nSPS) is 18.4. The highest BCUT2D eigenvalue weighted by atomic mass is 35.5. The predicted octanol–water partition coefficient (Wildman–Crippen LogP) is 4.33. The SMILES string of the molecule is Cc1cc2c(NC(=O)C3CNCC3c3ccccc3)cccc2cn1.Cl.Cl. The number of carbonyl (C=O) groups is 1. The first-order valence-corrected chi connectivity index (χ1v) is 8.64. The highest BCUT2D eigenvalue weighted by Crippen LogP contribution is 2.30. The zero-order chi connectivity index (χ0) is 17.2. The van der Waals surface area contributed by atoms with Gasteiger partial charge in [-0.15, -0.1) is 24.8 Å². The summed E-state index contributed by atoms with van der Waals surface area (Å²) < 4.78 is 0. The molecule has 2 aromatic carbocycles.